The minimum Gasteiger partial charge on any atom is -0.408 e. The van der Waals surface area contributed by atoms with E-state index in [2.05, 4.69) is 20.3 Å². The zero-order valence-corrected chi connectivity index (χ0v) is 12.4. The molecule has 0 atom stereocenters. The van der Waals surface area contributed by atoms with Crippen LogP contribution in [0.15, 0.2) is 64.2 Å². The second kappa shape index (κ2) is 5.54. The van der Waals surface area contributed by atoms with Crippen LogP contribution in [-0.4, -0.2) is 20.9 Å². The van der Waals surface area contributed by atoms with Gasteiger partial charge in [0.05, 0.1) is 23.7 Å². The molecule has 4 aromatic rings. The number of H-pyrrole nitrogens is 2. The van der Waals surface area contributed by atoms with Crippen LogP contribution in [0.25, 0.3) is 22.4 Å². The van der Waals surface area contributed by atoms with Crippen LogP contribution < -0.4 is 11.1 Å². The van der Waals surface area contributed by atoms with Crippen molar-refractivity contribution >= 4 is 22.7 Å². The standard InChI is InChI=1S/C17H12N4O3/c22-16(11-3-1-10(2-4-11)14-8-18-9-19-14)20-12-5-6-15-13(7-12)21-17(23)24-15/h1-9H,(H,18,19)(H,20,22)(H,21,23). The zero-order chi connectivity index (χ0) is 16.5. The predicted octanol–water partition coefficient (Wildman–Crippen LogP) is 2.76. The lowest BCUT2D eigenvalue weighted by Gasteiger charge is -2.06. The molecule has 7 heteroatoms. The lowest BCUT2D eigenvalue weighted by atomic mass is 10.1. The molecule has 2 heterocycles. The molecule has 0 bridgehead atoms. The summed E-state index contributed by atoms with van der Waals surface area (Å²) in [4.78, 5) is 33.0. The zero-order valence-electron chi connectivity index (χ0n) is 12.4. The first-order chi connectivity index (χ1) is 11.7. The van der Waals surface area contributed by atoms with E-state index in [-0.39, 0.29) is 5.91 Å². The first-order valence-electron chi connectivity index (χ1n) is 7.22. The summed E-state index contributed by atoms with van der Waals surface area (Å²) in [5.74, 6) is -0.765. The SMILES string of the molecule is O=C(Nc1ccc2oc(=O)[nH]c2c1)c1ccc(-c2cnc[nH]2)cc1. The van der Waals surface area contributed by atoms with Crippen LogP contribution in [0.5, 0.6) is 0 Å². The van der Waals surface area contributed by atoms with Crippen molar-refractivity contribution in [2.45, 2.75) is 0 Å². The van der Waals surface area contributed by atoms with Crippen molar-refractivity contribution in [2.75, 3.05) is 5.32 Å². The third-order valence-electron chi connectivity index (χ3n) is 3.63. The number of oxazole rings is 1. The van der Waals surface area contributed by atoms with Crippen LogP contribution in [0, 0.1) is 0 Å². The van der Waals surface area contributed by atoms with Crippen molar-refractivity contribution in [1.82, 2.24) is 15.0 Å². The molecule has 0 aliphatic carbocycles. The van der Waals surface area contributed by atoms with Gasteiger partial charge in [0.2, 0.25) is 0 Å². The van der Waals surface area contributed by atoms with E-state index in [0.717, 1.165) is 11.3 Å². The van der Waals surface area contributed by atoms with Gasteiger partial charge in [0.15, 0.2) is 5.58 Å². The summed E-state index contributed by atoms with van der Waals surface area (Å²) < 4.78 is 4.93. The number of hydrogen-bond donors (Lipinski definition) is 3. The van der Waals surface area contributed by atoms with Gasteiger partial charge in [-0.3, -0.25) is 9.78 Å². The highest BCUT2D eigenvalue weighted by molar-refractivity contribution is 6.05. The lowest BCUT2D eigenvalue weighted by molar-refractivity contribution is 0.102. The molecule has 0 aliphatic heterocycles. The van der Waals surface area contributed by atoms with Gasteiger partial charge >= 0.3 is 5.76 Å². The van der Waals surface area contributed by atoms with Crippen LogP contribution in [0.2, 0.25) is 0 Å². The Balaban J connectivity index is 1.55. The maximum absolute atomic E-state index is 12.3. The first kappa shape index (κ1) is 14.0. The fraction of sp³-hybridized carbons (Fsp3) is 0. The number of benzene rings is 2. The van der Waals surface area contributed by atoms with Crippen LogP contribution >= 0.6 is 0 Å². The smallest absolute Gasteiger partial charge is 0.408 e. The third-order valence-corrected chi connectivity index (χ3v) is 3.63. The fourth-order valence-electron chi connectivity index (χ4n) is 2.45. The van der Waals surface area contributed by atoms with Gasteiger partial charge in [-0.1, -0.05) is 12.1 Å². The van der Waals surface area contributed by atoms with Crippen molar-refractivity contribution < 1.29 is 9.21 Å². The topological polar surface area (TPSA) is 104 Å². The average molecular weight is 320 g/mol. The number of aromatic amines is 2. The van der Waals surface area contributed by atoms with Gasteiger partial charge < -0.3 is 14.7 Å². The molecule has 118 valence electrons. The summed E-state index contributed by atoms with van der Waals surface area (Å²) in [6, 6.07) is 12.1. The highest BCUT2D eigenvalue weighted by atomic mass is 16.4. The van der Waals surface area contributed by atoms with Gasteiger partial charge in [-0.2, -0.15) is 0 Å². The van der Waals surface area contributed by atoms with E-state index in [0.29, 0.717) is 22.4 Å². The van der Waals surface area contributed by atoms with Crippen molar-refractivity contribution in [2.24, 2.45) is 0 Å². The molecule has 24 heavy (non-hydrogen) atoms. The molecule has 0 spiro atoms. The second-order valence-corrected chi connectivity index (χ2v) is 5.22. The first-order valence-corrected chi connectivity index (χ1v) is 7.22. The van der Waals surface area contributed by atoms with Gasteiger partial charge in [-0.05, 0) is 35.9 Å². The van der Waals surface area contributed by atoms with E-state index in [1.165, 1.54) is 0 Å². The molecule has 0 radical (unpaired) electrons. The molecule has 4 rings (SSSR count). The largest absolute Gasteiger partial charge is 0.417 e. The molecular formula is C17H12N4O3. The molecular weight excluding hydrogens is 308 g/mol. The second-order valence-electron chi connectivity index (χ2n) is 5.22. The predicted molar refractivity (Wildman–Crippen MR) is 88.8 cm³/mol. The van der Waals surface area contributed by atoms with Crippen molar-refractivity contribution in [3.63, 3.8) is 0 Å². The Morgan fingerprint density at radius 2 is 1.96 bits per heavy atom. The monoisotopic (exact) mass is 320 g/mol. The molecule has 2 aromatic heterocycles. The summed E-state index contributed by atoms with van der Waals surface area (Å²) in [6.07, 6.45) is 3.32. The molecule has 3 N–H and O–H groups in total. The quantitative estimate of drug-likeness (QED) is 0.540. The molecule has 1 amide bonds. The number of imidazole rings is 1. The van der Waals surface area contributed by atoms with Crippen LogP contribution in [0.4, 0.5) is 5.69 Å². The number of carbonyl (C=O) groups excluding carboxylic acids is 1. The number of amides is 1. The molecule has 0 unspecified atom stereocenters. The maximum Gasteiger partial charge on any atom is 0.417 e. The van der Waals surface area contributed by atoms with E-state index in [1.807, 2.05) is 12.1 Å². The Morgan fingerprint density at radius 3 is 2.71 bits per heavy atom. The highest BCUT2D eigenvalue weighted by Crippen LogP contribution is 2.19. The van der Waals surface area contributed by atoms with E-state index >= 15 is 0 Å². The summed E-state index contributed by atoms with van der Waals surface area (Å²) in [6.45, 7) is 0. The number of anilines is 1. The summed E-state index contributed by atoms with van der Waals surface area (Å²) in [5, 5.41) is 2.79. The summed E-state index contributed by atoms with van der Waals surface area (Å²) in [7, 11) is 0. The Hall–Kier alpha value is -3.61. The molecule has 0 aliphatic rings. The molecule has 2 aromatic carbocycles. The Bertz CT molecular complexity index is 1060. The third kappa shape index (κ3) is 2.58. The van der Waals surface area contributed by atoms with Crippen LogP contribution in [-0.2, 0) is 0 Å². The molecule has 0 saturated heterocycles. The van der Waals surface area contributed by atoms with Gasteiger partial charge in [-0.15, -0.1) is 0 Å². The normalized spacial score (nSPS) is 10.8. The average Bonchev–Trinajstić information content (AvgIpc) is 3.23. The van der Waals surface area contributed by atoms with Crippen molar-refractivity contribution in [3.8, 4) is 11.3 Å². The van der Waals surface area contributed by atoms with Gasteiger partial charge in [0.1, 0.15) is 0 Å². The number of nitrogens with one attached hydrogen (secondary N) is 3. The fourth-order valence-corrected chi connectivity index (χ4v) is 2.45. The van der Waals surface area contributed by atoms with Crippen molar-refractivity contribution in [3.05, 3.63) is 71.1 Å². The van der Waals surface area contributed by atoms with Gasteiger partial charge in [0, 0.05) is 11.3 Å². The lowest BCUT2D eigenvalue weighted by Crippen LogP contribution is -2.11. The maximum atomic E-state index is 12.3. The Labute approximate surface area is 135 Å². The minimum absolute atomic E-state index is 0.239. The number of carbonyl (C=O) groups is 1. The number of nitrogens with zero attached hydrogens (tertiary/aromatic N) is 1. The highest BCUT2D eigenvalue weighted by Gasteiger charge is 2.09. The Morgan fingerprint density at radius 1 is 1.12 bits per heavy atom. The minimum atomic E-state index is -0.525. The Kier molecular flexibility index (Phi) is 3.24. The molecule has 0 fully saturated rings. The van der Waals surface area contributed by atoms with E-state index < -0.39 is 5.76 Å². The number of hydrogen-bond acceptors (Lipinski definition) is 4. The van der Waals surface area contributed by atoms with E-state index in [9.17, 15) is 9.59 Å². The number of fused-ring (bicyclic) bond motifs is 1. The van der Waals surface area contributed by atoms with Crippen molar-refractivity contribution in [1.29, 1.82) is 0 Å². The molecule has 0 saturated carbocycles. The number of aromatic nitrogens is 3. The molecule has 7 nitrogen and oxygen atoms in total. The number of rotatable bonds is 3. The summed E-state index contributed by atoms with van der Waals surface area (Å²) >= 11 is 0. The van der Waals surface area contributed by atoms with Gasteiger partial charge in [0.25, 0.3) is 5.91 Å². The van der Waals surface area contributed by atoms with E-state index in [4.69, 9.17) is 4.42 Å². The van der Waals surface area contributed by atoms with Crippen LogP contribution in [0.3, 0.4) is 0 Å². The van der Waals surface area contributed by atoms with Gasteiger partial charge in [-0.25, -0.2) is 9.78 Å². The summed E-state index contributed by atoms with van der Waals surface area (Å²) in [5.41, 5.74) is 3.91. The van der Waals surface area contributed by atoms with E-state index in [1.54, 1.807) is 42.9 Å². The van der Waals surface area contributed by atoms with Crippen LogP contribution in [0.1, 0.15) is 10.4 Å².